The van der Waals surface area contributed by atoms with E-state index in [2.05, 4.69) is 13.8 Å². The van der Waals surface area contributed by atoms with Gasteiger partial charge in [-0.2, -0.15) is 4.31 Å². The molecular weight excluding hydrogens is 298 g/mol. The van der Waals surface area contributed by atoms with Crippen molar-refractivity contribution in [3.63, 3.8) is 0 Å². The van der Waals surface area contributed by atoms with E-state index in [-0.39, 0.29) is 17.3 Å². The first-order chi connectivity index (χ1) is 10.2. The van der Waals surface area contributed by atoms with Crippen LogP contribution in [0.25, 0.3) is 0 Å². The lowest BCUT2D eigenvalue weighted by atomic mass is 9.67. The minimum atomic E-state index is -3.50. The molecule has 1 aliphatic heterocycles. The highest BCUT2D eigenvalue weighted by Crippen LogP contribution is 2.42. The van der Waals surface area contributed by atoms with Crippen molar-refractivity contribution in [1.82, 2.24) is 4.31 Å². The van der Waals surface area contributed by atoms with Gasteiger partial charge in [0, 0.05) is 19.0 Å². The molecule has 0 radical (unpaired) electrons. The molecular formula is C17H25NO3S. The summed E-state index contributed by atoms with van der Waals surface area (Å²) in [6.45, 7) is 8.86. The second kappa shape index (κ2) is 6.13. The number of aryl methyl sites for hydroxylation is 1. The molecule has 0 bridgehead atoms. The first-order valence-corrected chi connectivity index (χ1v) is 9.18. The van der Waals surface area contributed by atoms with Crippen LogP contribution >= 0.6 is 0 Å². The van der Waals surface area contributed by atoms with Gasteiger partial charge in [0.25, 0.3) is 0 Å². The lowest BCUT2D eigenvalue weighted by molar-refractivity contribution is -0.118. The molecule has 0 saturated carbocycles. The van der Waals surface area contributed by atoms with Crippen LogP contribution in [0.4, 0.5) is 0 Å². The van der Waals surface area contributed by atoms with Gasteiger partial charge in [-0.3, -0.25) is 0 Å². The number of sulfonamides is 1. The minimum absolute atomic E-state index is 0.0861. The number of aldehydes is 1. The predicted octanol–water partition coefficient (Wildman–Crippen LogP) is 2.87. The molecule has 1 aliphatic rings. The maximum absolute atomic E-state index is 12.8. The molecule has 0 N–H and O–H groups in total. The lowest BCUT2D eigenvalue weighted by Crippen LogP contribution is -2.52. The second-order valence-electron chi connectivity index (χ2n) is 6.84. The molecule has 1 heterocycles. The summed E-state index contributed by atoms with van der Waals surface area (Å²) in [5, 5.41) is 0. The SMILES string of the molecule is Cc1ccc(S(=O)(=O)N2CC[C@H](C=O)[C@@](C)(C(C)C)C2)cc1. The molecule has 2 atom stereocenters. The summed E-state index contributed by atoms with van der Waals surface area (Å²) in [7, 11) is -3.50. The summed E-state index contributed by atoms with van der Waals surface area (Å²) in [5.41, 5.74) is 0.711. The Morgan fingerprint density at radius 2 is 1.86 bits per heavy atom. The molecule has 4 nitrogen and oxygen atoms in total. The maximum Gasteiger partial charge on any atom is 0.243 e. The van der Waals surface area contributed by atoms with Crippen molar-refractivity contribution in [1.29, 1.82) is 0 Å². The van der Waals surface area contributed by atoms with Crippen LogP contribution in [0.3, 0.4) is 0 Å². The molecule has 0 unspecified atom stereocenters. The van der Waals surface area contributed by atoms with E-state index in [9.17, 15) is 13.2 Å². The monoisotopic (exact) mass is 323 g/mol. The number of carbonyl (C=O) groups excluding carboxylic acids is 1. The normalized spacial score (nSPS) is 27.0. The van der Waals surface area contributed by atoms with E-state index in [1.165, 1.54) is 4.31 Å². The van der Waals surface area contributed by atoms with Crippen LogP contribution in [0.2, 0.25) is 0 Å². The van der Waals surface area contributed by atoms with E-state index in [1.807, 2.05) is 26.0 Å². The molecule has 0 aromatic heterocycles. The number of hydrogen-bond donors (Lipinski definition) is 0. The summed E-state index contributed by atoms with van der Waals surface area (Å²) in [6.07, 6.45) is 1.58. The first kappa shape index (κ1) is 17.2. The number of benzene rings is 1. The zero-order chi connectivity index (χ0) is 16.5. The standard InChI is InChI=1S/C17H25NO3S/c1-13(2)17(4)12-18(10-9-15(17)11-19)22(20,21)16-7-5-14(3)6-8-16/h5-8,11,13,15H,9-10,12H2,1-4H3/t15-,17-/m1/s1. The Bertz CT molecular complexity index is 636. The van der Waals surface area contributed by atoms with Crippen molar-refractivity contribution in [2.24, 2.45) is 17.3 Å². The van der Waals surface area contributed by atoms with Gasteiger partial charge in [-0.1, -0.05) is 38.5 Å². The topological polar surface area (TPSA) is 54.5 Å². The third-order valence-corrected chi connectivity index (χ3v) is 7.05. The smallest absolute Gasteiger partial charge is 0.243 e. The third-order valence-electron chi connectivity index (χ3n) is 5.20. The highest BCUT2D eigenvalue weighted by Gasteiger charge is 2.45. The summed E-state index contributed by atoms with van der Waals surface area (Å²) in [6, 6.07) is 6.94. The Hall–Kier alpha value is -1.20. The Morgan fingerprint density at radius 3 is 2.36 bits per heavy atom. The molecule has 2 rings (SSSR count). The van der Waals surface area contributed by atoms with Crippen LogP contribution in [0.5, 0.6) is 0 Å². The molecule has 0 spiro atoms. The second-order valence-corrected chi connectivity index (χ2v) is 8.78. The Balaban J connectivity index is 2.33. The quantitative estimate of drug-likeness (QED) is 0.801. The van der Waals surface area contributed by atoms with Gasteiger partial charge in [0.05, 0.1) is 4.90 Å². The minimum Gasteiger partial charge on any atom is -0.303 e. The van der Waals surface area contributed by atoms with Crippen molar-refractivity contribution < 1.29 is 13.2 Å². The van der Waals surface area contributed by atoms with E-state index < -0.39 is 10.0 Å². The fourth-order valence-corrected chi connectivity index (χ4v) is 4.66. The van der Waals surface area contributed by atoms with Crippen molar-refractivity contribution in [2.45, 2.75) is 39.0 Å². The van der Waals surface area contributed by atoms with Gasteiger partial charge in [0.2, 0.25) is 10.0 Å². The molecule has 122 valence electrons. The summed E-state index contributed by atoms with van der Waals surface area (Å²) in [4.78, 5) is 11.7. The van der Waals surface area contributed by atoms with E-state index >= 15 is 0 Å². The lowest BCUT2D eigenvalue weighted by Gasteiger charge is -2.46. The molecule has 5 heteroatoms. The van der Waals surface area contributed by atoms with Crippen LogP contribution in [0.1, 0.15) is 32.8 Å². The molecule has 0 aliphatic carbocycles. The number of nitrogens with zero attached hydrogens (tertiary/aromatic N) is 1. The van der Waals surface area contributed by atoms with Crippen LogP contribution < -0.4 is 0 Å². The van der Waals surface area contributed by atoms with E-state index in [0.29, 0.717) is 24.4 Å². The highest BCUT2D eigenvalue weighted by atomic mass is 32.2. The summed E-state index contributed by atoms with van der Waals surface area (Å²) < 4.78 is 27.2. The van der Waals surface area contributed by atoms with E-state index in [0.717, 1.165) is 11.8 Å². The largest absolute Gasteiger partial charge is 0.303 e. The van der Waals surface area contributed by atoms with Crippen LogP contribution in [0.15, 0.2) is 29.2 Å². The van der Waals surface area contributed by atoms with E-state index in [1.54, 1.807) is 12.1 Å². The van der Waals surface area contributed by atoms with Gasteiger partial charge in [0.1, 0.15) is 6.29 Å². The summed E-state index contributed by atoms with van der Waals surface area (Å²) >= 11 is 0. The predicted molar refractivity (Wildman–Crippen MR) is 87.1 cm³/mol. The van der Waals surface area contributed by atoms with Gasteiger partial charge in [-0.25, -0.2) is 8.42 Å². The van der Waals surface area contributed by atoms with Crippen LogP contribution in [0, 0.1) is 24.2 Å². The molecule has 0 amide bonds. The average molecular weight is 323 g/mol. The van der Waals surface area contributed by atoms with Crippen LogP contribution in [-0.4, -0.2) is 32.1 Å². The Kier molecular flexibility index (Phi) is 4.78. The van der Waals surface area contributed by atoms with Gasteiger partial charge >= 0.3 is 0 Å². The molecule has 1 aromatic carbocycles. The van der Waals surface area contributed by atoms with Crippen LogP contribution in [-0.2, 0) is 14.8 Å². The fourth-order valence-electron chi connectivity index (χ4n) is 3.09. The number of rotatable bonds is 4. The number of hydrogen-bond acceptors (Lipinski definition) is 3. The highest BCUT2D eigenvalue weighted by molar-refractivity contribution is 7.89. The van der Waals surface area contributed by atoms with Gasteiger partial charge in [-0.05, 0) is 36.8 Å². The maximum atomic E-state index is 12.8. The third kappa shape index (κ3) is 2.97. The Labute approximate surface area is 133 Å². The molecule has 1 saturated heterocycles. The zero-order valence-corrected chi connectivity index (χ0v) is 14.6. The van der Waals surface area contributed by atoms with Crippen molar-refractivity contribution >= 4 is 16.3 Å². The van der Waals surface area contributed by atoms with Gasteiger partial charge in [-0.15, -0.1) is 0 Å². The molecule has 1 aromatic rings. The number of carbonyl (C=O) groups is 1. The van der Waals surface area contributed by atoms with Gasteiger partial charge < -0.3 is 4.79 Å². The fraction of sp³-hybridized carbons (Fsp3) is 0.588. The van der Waals surface area contributed by atoms with Gasteiger partial charge in [0.15, 0.2) is 0 Å². The average Bonchev–Trinajstić information content (AvgIpc) is 2.47. The molecule has 1 fully saturated rings. The van der Waals surface area contributed by atoms with E-state index in [4.69, 9.17) is 0 Å². The summed E-state index contributed by atoms with van der Waals surface area (Å²) in [5.74, 6) is 0.149. The van der Waals surface area contributed by atoms with Crippen molar-refractivity contribution in [3.05, 3.63) is 29.8 Å². The Morgan fingerprint density at radius 1 is 1.27 bits per heavy atom. The first-order valence-electron chi connectivity index (χ1n) is 7.74. The molecule has 22 heavy (non-hydrogen) atoms. The van der Waals surface area contributed by atoms with Crippen molar-refractivity contribution in [2.75, 3.05) is 13.1 Å². The van der Waals surface area contributed by atoms with Crippen molar-refractivity contribution in [3.8, 4) is 0 Å². The zero-order valence-electron chi connectivity index (χ0n) is 13.7. The number of piperidine rings is 1.